The first-order valence-electron chi connectivity index (χ1n) is 11.8. The van der Waals surface area contributed by atoms with Crippen LogP contribution >= 0.6 is 23.4 Å². The summed E-state index contributed by atoms with van der Waals surface area (Å²) in [7, 11) is 0. The van der Waals surface area contributed by atoms with E-state index >= 15 is 0 Å². The lowest BCUT2D eigenvalue weighted by Gasteiger charge is -2.30. The average Bonchev–Trinajstić information content (AvgIpc) is 3.30. The molecule has 0 aliphatic carbocycles. The molecule has 1 fully saturated rings. The molecular weight excluding hydrogens is 468 g/mol. The van der Waals surface area contributed by atoms with E-state index in [-0.39, 0.29) is 11.8 Å². The average molecular weight is 499 g/mol. The second-order valence-electron chi connectivity index (χ2n) is 8.78. The Balaban J connectivity index is 1.16. The number of amides is 1. The maximum Gasteiger partial charge on any atom is 0.241 e. The van der Waals surface area contributed by atoms with Gasteiger partial charge in [-0.15, -0.1) is 0 Å². The number of likely N-dealkylation sites (tertiary alicyclic amines) is 1. The Hall–Kier alpha value is -2.35. The Morgan fingerprint density at radius 3 is 2.94 bits per heavy atom. The minimum Gasteiger partial charge on any atom is -0.356 e. The molecule has 6 nitrogen and oxygen atoms in total. The summed E-state index contributed by atoms with van der Waals surface area (Å²) in [5, 5.41) is 8.02. The van der Waals surface area contributed by atoms with Crippen molar-refractivity contribution in [2.75, 3.05) is 25.4 Å². The third-order valence-electron chi connectivity index (χ3n) is 5.94. The van der Waals surface area contributed by atoms with E-state index in [4.69, 9.17) is 16.1 Å². The van der Waals surface area contributed by atoms with Crippen LogP contribution in [-0.4, -0.2) is 46.3 Å². The highest BCUT2D eigenvalue weighted by molar-refractivity contribution is 7.98. The normalized spacial score (nSPS) is 16.5. The number of nitrogens with zero attached hydrogens (tertiary/aromatic N) is 3. The Kier molecular flexibility index (Phi) is 9.02. The van der Waals surface area contributed by atoms with Crippen molar-refractivity contribution >= 4 is 29.3 Å². The Morgan fingerprint density at radius 2 is 2.12 bits per heavy atom. The van der Waals surface area contributed by atoms with Crippen LogP contribution in [0.3, 0.4) is 0 Å². The largest absolute Gasteiger partial charge is 0.356 e. The molecule has 1 aliphatic rings. The van der Waals surface area contributed by atoms with Crippen LogP contribution in [0.5, 0.6) is 0 Å². The molecule has 0 bridgehead atoms. The van der Waals surface area contributed by atoms with Crippen molar-refractivity contribution in [1.29, 1.82) is 0 Å². The number of rotatable bonds is 10. The number of carbonyl (C=O) groups is 1. The molecule has 1 saturated heterocycles. The number of hydrogen-bond donors (Lipinski definition) is 1. The summed E-state index contributed by atoms with van der Waals surface area (Å²) < 4.78 is 5.48. The van der Waals surface area contributed by atoms with Crippen molar-refractivity contribution < 1.29 is 9.32 Å². The van der Waals surface area contributed by atoms with Crippen LogP contribution in [0.25, 0.3) is 11.4 Å². The van der Waals surface area contributed by atoms with E-state index in [2.05, 4.69) is 33.3 Å². The maximum atomic E-state index is 12.7. The fourth-order valence-electron chi connectivity index (χ4n) is 4.09. The molecule has 0 saturated carbocycles. The summed E-state index contributed by atoms with van der Waals surface area (Å²) in [4.78, 5) is 19.5. The van der Waals surface area contributed by atoms with E-state index in [1.165, 1.54) is 11.1 Å². The van der Waals surface area contributed by atoms with Crippen molar-refractivity contribution in [3.63, 3.8) is 0 Å². The predicted molar refractivity (Wildman–Crippen MR) is 138 cm³/mol. The van der Waals surface area contributed by atoms with Gasteiger partial charge in [-0.2, -0.15) is 16.7 Å². The van der Waals surface area contributed by atoms with Gasteiger partial charge in [0, 0.05) is 29.4 Å². The van der Waals surface area contributed by atoms with Crippen molar-refractivity contribution in [3.8, 4) is 11.4 Å². The standard InChI is InChI=1S/C26H31ClN4O2S/c1-19-8-10-21(11-9-19)25-29-24(33-30-25)17-31-13-3-6-22(16-31)26(32)28-12-4-14-34-18-20-5-2-7-23(27)15-20/h2,5,7-11,15,22H,3-4,6,12-14,16-18H2,1H3,(H,28,32). The highest BCUT2D eigenvalue weighted by Crippen LogP contribution is 2.21. The number of piperidine rings is 1. The second kappa shape index (κ2) is 12.4. The third kappa shape index (κ3) is 7.32. The number of nitrogens with one attached hydrogen (secondary N) is 1. The van der Waals surface area contributed by atoms with E-state index in [1.54, 1.807) is 0 Å². The summed E-state index contributed by atoms with van der Waals surface area (Å²) in [6.07, 6.45) is 2.87. The van der Waals surface area contributed by atoms with E-state index in [0.717, 1.165) is 54.4 Å². The lowest BCUT2D eigenvalue weighted by atomic mass is 9.97. The van der Waals surface area contributed by atoms with Gasteiger partial charge in [0.2, 0.25) is 17.6 Å². The smallest absolute Gasteiger partial charge is 0.241 e. The van der Waals surface area contributed by atoms with Crippen LogP contribution < -0.4 is 5.32 Å². The number of halogens is 1. The van der Waals surface area contributed by atoms with Gasteiger partial charge in [-0.3, -0.25) is 9.69 Å². The van der Waals surface area contributed by atoms with Gasteiger partial charge >= 0.3 is 0 Å². The zero-order valence-electron chi connectivity index (χ0n) is 19.5. The molecule has 1 atom stereocenters. The molecule has 1 aromatic heterocycles. The molecule has 1 N–H and O–H groups in total. The van der Waals surface area contributed by atoms with Gasteiger partial charge in [0.05, 0.1) is 12.5 Å². The Bertz CT molecular complexity index is 1070. The van der Waals surface area contributed by atoms with Crippen LogP contribution in [0.4, 0.5) is 0 Å². The van der Waals surface area contributed by atoms with Crippen LogP contribution in [0.2, 0.25) is 5.02 Å². The molecule has 0 spiro atoms. The molecular formula is C26H31ClN4O2S. The molecule has 4 rings (SSSR count). The second-order valence-corrected chi connectivity index (χ2v) is 10.3. The monoisotopic (exact) mass is 498 g/mol. The quantitative estimate of drug-likeness (QED) is 0.380. The summed E-state index contributed by atoms with van der Waals surface area (Å²) in [5.74, 6) is 3.29. The molecule has 3 aromatic rings. The molecule has 34 heavy (non-hydrogen) atoms. The lowest BCUT2D eigenvalue weighted by molar-refractivity contribution is -0.126. The van der Waals surface area contributed by atoms with Crippen LogP contribution in [0.1, 0.15) is 36.3 Å². The summed E-state index contributed by atoms with van der Waals surface area (Å²) in [6, 6.07) is 16.0. The Labute approximate surface area is 210 Å². The molecule has 1 aliphatic heterocycles. The number of benzene rings is 2. The number of thioether (sulfide) groups is 1. The molecule has 2 aromatic carbocycles. The SMILES string of the molecule is Cc1ccc(-c2noc(CN3CCCC(C(=O)NCCCSCc4cccc(Cl)c4)C3)n2)cc1. The molecule has 180 valence electrons. The van der Waals surface area contributed by atoms with Gasteiger partial charge in [0.15, 0.2) is 0 Å². The molecule has 8 heteroatoms. The summed E-state index contributed by atoms with van der Waals surface area (Å²) >= 11 is 7.89. The topological polar surface area (TPSA) is 71.3 Å². The highest BCUT2D eigenvalue weighted by atomic mass is 35.5. The minimum absolute atomic E-state index is 0.00681. The van der Waals surface area contributed by atoms with Gasteiger partial charge in [0.25, 0.3) is 0 Å². The fraction of sp³-hybridized carbons (Fsp3) is 0.423. The van der Waals surface area contributed by atoms with E-state index in [0.29, 0.717) is 24.8 Å². The predicted octanol–water partition coefficient (Wildman–Crippen LogP) is 5.35. The number of hydrogen-bond acceptors (Lipinski definition) is 6. The van der Waals surface area contributed by atoms with Crippen LogP contribution in [-0.2, 0) is 17.1 Å². The third-order valence-corrected chi connectivity index (χ3v) is 7.29. The van der Waals surface area contributed by atoms with Crippen LogP contribution in [0, 0.1) is 12.8 Å². The summed E-state index contributed by atoms with van der Waals surface area (Å²) in [5.41, 5.74) is 3.37. The van der Waals surface area contributed by atoms with E-state index < -0.39 is 0 Å². The number of aryl methyl sites for hydroxylation is 1. The fourth-order valence-corrected chi connectivity index (χ4v) is 5.21. The van der Waals surface area contributed by atoms with Crippen molar-refractivity contribution in [2.24, 2.45) is 5.92 Å². The zero-order valence-corrected chi connectivity index (χ0v) is 21.1. The van der Waals surface area contributed by atoms with E-state index in [1.807, 2.05) is 54.2 Å². The Morgan fingerprint density at radius 1 is 1.26 bits per heavy atom. The number of aromatic nitrogens is 2. The van der Waals surface area contributed by atoms with E-state index in [9.17, 15) is 4.79 Å². The number of carbonyl (C=O) groups excluding carboxylic acids is 1. The van der Waals surface area contributed by atoms with Gasteiger partial charge in [-0.05, 0) is 56.2 Å². The molecule has 2 heterocycles. The van der Waals surface area contributed by atoms with Gasteiger partial charge in [0.1, 0.15) is 0 Å². The first kappa shape index (κ1) is 24.8. The van der Waals surface area contributed by atoms with Crippen molar-refractivity contribution in [3.05, 3.63) is 70.6 Å². The van der Waals surface area contributed by atoms with Crippen LogP contribution in [0.15, 0.2) is 53.1 Å². The minimum atomic E-state index is 0.00681. The van der Waals surface area contributed by atoms with Gasteiger partial charge in [-0.1, -0.05) is 58.7 Å². The summed E-state index contributed by atoms with van der Waals surface area (Å²) in [6.45, 7) is 4.99. The maximum absolute atomic E-state index is 12.7. The molecule has 0 radical (unpaired) electrons. The van der Waals surface area contributed by atoms with Gasteiger partial charge < -0.3 is 9.84 Å². The van der Waals surface area contributed by atoms with Crippen molar-refractivity contribution in [1.82, 2.24) is 20.4 Å². The molecule has 1 unspecified atom stereocenters. The van der Waals surface area contributed by atoms with Crippen molar-refractivity contribution in [2.45, 2.75) is 38.5 Å². The first-order valence-corrected chi connectivity index (χ1v) is 13.3. The zero-order chi connectivity index (χ0) is 23.8. The lowest BCUT2D eigenvalue weighted by Crippen LogP contribution is -2.43. The highest BCUT2D eigenvalue weighted by Gasteiger charge is 2.26. The first-order chi connectivity index (χ1) is 16.6. The van der Waals surface area contributed by atoms with Gasteiger partial charge in [-0.25, -0.2) is 0 Å². The molecule has 1 amide bonds.